The van der Waals surface area contributed by atoms with E-state index in [1.54, 1.807) is 0 Å². The first kappa shape index (κ1) is 17.7. The van der Waals surface area contributed by atoms with E-state index in [1.807, 2.05) is 0 Å². The summed E-state index contributed by atoms with van der Waals surface area (Å²) in [7, 11) is -2.94. The molecule has 5 heteroatoms. The van der Waals surface area contributed by atoms with E-state index < -0.39 is 9.84 Å². The summed E-state index contributed by atoms with van der Waals surface area (Å²) in [6.07, 6.45) is 7.60. The molecule has 0 N–H and O–H groups in total. The molecule has 4 nitrogen and oxygen atoms in total. The smallest absolute Gasteiger partial charge is 0.156 e. The lowest BCUT2D eigenvalue weighted by Crippen LogP contribution is -2.43. The standard InChI is InChI=1S/C18H32O4S/c1-3-17(11-21-12-17)9-7-15-5-6-16(23(15,19)20)8-10-18(4-2)13-22-14-18/h15-16H,3-14H2,1-2H3. The van der Waals surface area contributed by atoms with Crippen LogP contribution in [0.3, 0.4) is 0 Å². The molecule has 3 aliphatic heterocycles. The highest BCUT2D eigenvalue weighted by Gasteiger charge is 2.45. The van der Waals surface area contributed by atoms with Crippen molar-refractivity contribution in [3.63, 3.8) is 0 Å². The highest BCUT2D eigenvalue weighted by atomic mass is 32.2. The molecule has 0 amide bonds. The molecule has 0 aliphatic carbocycles. The molecular formula is C18H32O4S. The van der Waals surface area contributed by atoms with Crippen LogP contribution < -0.4 is 0 Å². The first-order chi connectivity index (χ1) is 11.0. The Labute approximate surface area is 141 Å². The number of hydrogen-bond donors (Lipinski definition) is 0. The zero-order valence-electron chi connectivity index (χ0n) is 14.7. The third-order valence-electron chi connectivity index (χ3n) is 6.87. The van der Waals surface area contributed by atoms with Gasteiger partial charge in [-0.05, 0) is 51.4 Å². The van der Waals surface area contributed by atoms with Crippen molar-refractivity contribution in [2.24, 2.45) is 10.8 Å². The van der Waals surface area contributed by atoms with Crippen LogP contribution in [0.2, 0.25) is 0 Å². The zero-order chi connectivity index (χ0) is 16.6. The van der Waals surface area contributed by atoms with Gasteiger partial charge in [0.2, 0.25) is 0 Å². The van der Waals surface area contributed by atoms with E-state index in [2.05, 4.69) is 13.8 Å². The number of rotatable bonds is 8. The summed E-state index contributed by atoms with van der Waals surface area (Å²) in [5.41, 5.74) is 0.534. The highest BCUT2D eigenvalue weighted by molar-refractivity contribution is 7.92. The Kier molecular flexibility index (Phi) is 5.11. The SMILES string of the molecule is CCC1(CCC2CCC(CCC3(CC)COC3)S2(=O)=O)COC1. The average Bonchev–Trinajstić information content (AvgIpc) is 2.73. The van der Waals surface area contributed by atoms with Gasteiger partial charge in [0, 0.05) is 10.8 Å². The van der Waals surface area contributed by atoms with Crippen molar-refractivity contribution in [1.82, 2.24) is 0 Å². The summed E-state index contributed by atoms with van der Waals surface area (Å²) in [4.78, 5) is 0. The van der Waals surface area contributed by atoms with E-state index in [0.717, 1.165) is 77.8 Å². The summed E-state index contributed by atoms with van der Waals surface area (Å²) >= 11 is 0. The van der Waals surface area contributed by atoms with Crippen LogP contribution in [0, 0.1) is 10.8 Å². The molecule has 0 bridgehead atoms. The Morgan fingerprint density at radius 2 is 1.22 bits per heavy atom. The van der Waals surface area contributed by atoms with E-state index in [1.165, 1.54) is 0 Å². The minimum absolute atomic E-state index is 0.105. The molecule has 0 spiro atoms. The van der Waals surface area contributed by atoms with Gasteiger partial charge < -0.3 is 9.47 Å². The van der Waals surface area contributed by atoms with Gasteiger partial charge in [0.1, 0.15) is 0 Å². The third-order valence-corrected chi connectivity index (χ3v) is 9.67. The van der Waals surface area contributed by atoms with Crippen LogP contribution >= 0.6 is 0 Å². The normalized spacial score (nSPS) is 33.8. The van der Waals surface area contributed by atoms with Crippen LogP contribution in [0.4, 0.5) is 0 Å². The fraction of sp³-hybridized carbons (Fsp3) is 1.00. The van der Waals surface area contributed by atoms with Gasteiger partial charge in [-0.25, -0.2) is 8.42 Å². The predicted octanol–water partition coefficient (Wildman–Crippen LogP) is 3.35. The molecule has 2 atom stereocenters. The van der Waals surface area contributed by atoms with E-state index in [-0.39, 0.29) is 21.3 Å². The minimum Gasteiger partial charge on any atom is -0.380 e. The Balaban J connectivity index is 1.52. The second-order valence-corrected chi connectivity index (χ2v) is 10.7. The molecule has 3 saturated heterocycles. The maximum atomic E-state index is 12.9. The third kappa shape index (κ3) is 3.34. The van der Waals surface area contributed by atoms with Gasteiger partial charge in [-0.15, -0.1) is 0 Å². The fourth-order valence-corrected chi connectivity index (χ4v) is 6.72. The van der Waals surface area contributed by atoms with Gasteiger partial charge in [-0.3, -0.25) is 0 Å². The van der Waals surface area contributed by atoms with Gasteiger partial charge in [-0.2, -0.15) is 0 Å². The van der Waals surface area contributed by atoms with Gasteiger partial charge in [0.25, 0.3) is 0 Å². The Bertz CT molecular complexity index is 454. The van der Waals surface area contributed by atoms with E-state index in [0.29, 0.717) is 0 Å². The maximum Gasteiger partial charge on any atom is 0.156 e. The average molecular weight is 345 g/mol. The molecule has 134 valence electrons. The second kappa shape index (κ2) is 6.64. The van der Waals surface area contributed by atoms with Crippen LogP contribution in [0.15, 0.2) is 0 Å². The summed E-state index contributed by atoms with van der Waals surface area (Å²) < 4.78 is 36.4. The predicted molar refractivity (Wildman–Crippen MR) is 91.3 cm³/mol. The van der Waals surface area contributed by atoms with Crippen molar-refractivity contribution in [2.75, 3.05) is 26.4 Å². The van der Waals surface area contributed by atoms with Crippen LogP contribution in [-0.2, 0) is 19.3 Å². The lowest BCUT2D eigenvalue weighted by atomic mass is 9.78. The van der Waals surface area contributed by atoms with Crippen LogP contribution in [-0.4, -0.2) is 45.3 Å². The number of sulfone groups is 1. The molecule has 2 unspecified atom stereocenters. The van der Waals surface area contributed by atoms with Crippen LogP contribution in [0.5, 0.6) is 0 Å². The van der Waals surface area contributed by atoms with Crippen molar-refractivity contribution in [1.29, 1.82) is 0 Å². The number of ether oxygens (including phenoxy) is 2. The van der Waals surface area contributed by atoms with Crippen molar-refractivity contribution in [2.45, 2.75) is 75.7 Å². The van der Waals surface area contributed by atoms with Gasteiger partial charge in [0.15, 0.2) is 9.84 Å². The second-order valence-electron chi connectivity index (χ2n) is 8.18. The molecule has 3 aliphatic rings. The van der Waals surface area contributed by atoms with E-state index in [4.69, 9.17) is 9.47 Å². The summed E-state index contributed by atoms with van der Waals surface area (Å²) in [6.45, 7) is 7.66. The number of hydrogen-bond acceptors (Lipinski definition) is 4. The summed E-state index contributed by atoms with van der Waals surface area (Å²) in [5.74, 6) is 0. The lowest BCUT2D eigenvalue weighted by molar-refractivity contribution is -0.120. The molecule has 0 aromatic carbocycles. The van der Waals surface area contributed by atoms with Gasteiger partial charge >= 0.3 is 0 Å². The Morgan fingerprint density at radius 3 is 1.48 bits per heavy atom. The van der Waals surface area contributed by atoms with E-state index in [9.17, 15) is 8.42 Å². The maximum absolute atomic E-state index is 12.9. The molecule has 3 heterocycles. The molecular weight excluding hydrogens is 312 g/mol. The summed E-state index contributed by atoms with van der Waals surface area (Å²) in [6, 6.07) is 0. The molecule has 0 saturated carbocycles. The largest absolute Gasteiger partial charge is 0.380 e. The molecule has 0 aromatic heterocycles. The lowest BCUT2D eigenvalue weighted by Gasteiger charge is -2.41. The zero-order valence-corrected chi connectivity index (χ0v) is 15.5. The van der Waals surface area contributed by atoms with Crippen LogP contribution in [0.25, 0.3) is 0 Å². The Hall–Kier alpha value is -0.130. The molecule has 23 heavy (non-hydrogen) atoms. The van der Waals surface area contributed by atoms with Crippen molar-refractivity contribution >= 4 is 9.84 Å². The minimum atomic E-state index is -2.94. The summed E-state index contributed by atoms with van der Waals surface area (Å²) in [5, 5.41) is -0.210. The molecule has 0 radical (unpaired) electrons. The quantitative estimate of drug-likeness (QED) is 0.677. The first-order valence-corrected chi connectivity index (χ1v) is 10.9. The fourth-order valence-electron chi connectivity index (χ4n) is 4.36. The van der Waals surface area contributed by atoms with Crippen molar-refractivity contribution in [3.8, 4) is 0 Å². The van der Waals surface area contributed by atoms with E-state index >= 15 is 0 Å². The van der Waals surface area contributed by atoms with Crippen molar-refractivity contribution in [3.05, 3.63) is 0 Å². The van der Waals surface area contributed by atoms with Gasteiger partial charge in [-0.1, -0.05) is 13.8 Å². The molecule has 0 aromatic rings. The molecule has 3 rings (SSSR count). The topological polar surface area (TPSA) is 52.6 Å². The van der Waals surface area contributed by atoms with Crippen molar-refractivity contribution < 1.29 is 17.9 Å². The Morgan fingerprint density at radius 1 is 0.826 bits per heavy atom. The monoisotopic (exact) mass is 344 g/mol. The first-order valence-electron chi connectivity index (χ1n) is 9.34. The highest BCUT2D eigenvalue weighted by Crippen LogP contribution is 2.42. The molecule has 3 fully saturated rings. The van der Waals surface area contributed by atoms with Crippen LogP contribution in [0.1, 0.15) is 65.2 Å². The van der Waals surface area contributed by atoms with Gasteiger partial charge in [0.05, 0.1) is 36.9 Å².